The van der Waals surface area contributed by atoms with Crippen LogP contribution in [0, 0.1) is 11.8 Å². The van der Waals surface area contributed by atoms with Gasteiger partial charge in [-0.15, -0.1) is 0 Å². The van der Waals surface area contributed by atoms with E-state index in [1.807, 2.05) is 13.8 Å². The molecule has 2 unspecified atom stereocenters. The molecule has 0 aromatic carbocycles. The summed E-state index contributed by atoms with van der Waals surface area (Å²) < 4.78 is 0. The molecule has 9 heteroatoms. The van der Waals surface area contributed by atoms with Crippen LogP contribution in [0.25, 0.3) is 0 Å². The van der Waals surface area contributed by atoms with Crippen LogP contribution >= 0.6 is 0 Å². The fraction of sp³-hybridized carbons (Fsp3) is 0.733. The van der Waals surface area contributed by atoms with Gasteiger partial charge in [0, 0.05) is 0 Å². The lowest BCUT2D eigenvalue weighted by Crippen LogP contribution is -2.52. The second-order valence-corrected chi connectivity index (χ2v) is 6.35. The summed E-state index contributed by atoms with van der Waals surface area (Å²) in [5.41, 5.74) is 5.67. The van der Waals surface area contributed by atoms with Gasteiger partial charge in [-0.1, -0.05) is 27.7 Å². The summed E-state index contributed by atoms with van der Waals surface area (Å²) in [5.74, 6) is -2.71. The van der Waals surface area contributed by atoms with Crippen molar-refractivity contribution in [3.05, 3.63) is 0 Å². The van der Waals surface area contributed by atoms with Gasteiger partial charge in [-0.3, -0.25) is 19.2 Å². The molecule has 0 heterocycles. The second-order valence-electron chi connectivity index (χ2n) is 6.35. The molecule has 0 aliphatic carbocycles. The summed E-state index contributed by atoms with van der Waals surface area (Å²) in [4.78, 5) is 46.1. The Bertz CT molecular complexity index is 465. The van der Waals surface area contributed by atoms with Crippen LogP contribution in [0.2, 0.25) is 0 Å². The van der Waals surface area contributed by atoms with Crippen molar-refractivity contribution < 1.29 is 24.3 Å². The highest BCUT2D eigenvalue weighted by Crippen LogP contribution is 2.05. The fourth-order valence-electron chi connectivity index (χ4n) is 1.82. The van der Waals surface area contributed by atoms with Crippen LogP contribution in [-0.4, -0.2) is 54.0 Å². The molecule has 138 valence electrons. The van der Waals surface area contributed by atoms with Crippen molar-refractivity contribution in [1.29, 1.82) is 0 Å². The van der Waals surface area contributed by atoms with Crippen LogP contribution in [0.3, 0.4) is 0 Å². The molecule has 0 spiro atoms. The smallest absolute Gasteiger partial charge is 0.322 e. The first-order valence-electron chi connectivity index (χ1n) is 7.86. The summed E-state index contributed by atoms with van der Waals surface area (Å²) in [7, 11) is 0. The molecule has 0 aliphatic heterocycles. The van der Waals surface area contributed by atoms with Crippen molar-refractivity contribution >= 4 is 23.7 Å². The van der Waals surface area contributed by atoms with E-state index in [1.54, 1.807) is 13.8 Å². The molecule has 0 saturated carbocycles. The van der Waals surface area contributed by atoms with Crippen LogP contribution in [0.15, 0.2) is 0 Å². The second kappa shape index (κ2) is 10.6. The molecule has 0 fully saturated rings. The molecule has 0 aliphatic rings. The monoisotopic (exact) mass is 344 g/mol. The predicted octanol–water partition coefficient (Wildman–Crippen LogP) is -1.18. The number of carbonyl (C=O) groups excluding carboxylic acids is 3. The average molecular weight is 344 g/mol. The third-order valence-electron chi connectivity index (χ3n) is 3.22. The van der Waals surface area contributed by atoms with Crippen LogP contribution < -0.4 is 21.7 Å². The normalized spacial score (nSPS) is 13.3. The first kappa shape index (κ1) is 21.8. The Morgan fingerprint density at radius 2 is 1.50 bits per heavy atom. The Morgan fingerprint density at radius 3 is 1.96 bits per heavy atom. The SMILES string of the molecule is CC(C)CC(NC(=O)CNC(=O)C(N)C(C)C)C(=O)NCC(=O)O. The van der Waals surface area contributed by atoms with Crippen molar-refractivity contribution in [3.63, 3.8) is 0 Å². The molecular weight excluding hydrogens is 316 g/mol. The number of hydrogen-bond acceptors (Lipinski definition) is 5. The quantitative estimate of drug-likeness (QED) is 0.336. The molecule has 24 heavy (non-hydrogen) atoms. The number of hydrogen-bond donors (Lipinski definition) is 5. The molecule has 0 aromatic heterocycles. The van der Waals surface area contributed by atoms with Gasteiger partial charge in [-0.05, 0) is 18.3 Å². The zero-order chi connectivity index (χ0) is 18.9. The zero-order valence-electron chi connectivity index (χ0n) is 14.6. The van der Waals surface area contributed by atoms with Crippen molar-refractivity contribution in [3.8, 4) is 0 Å². The molecule has 0 radical (unpaired) electrons. The van der Waals surface area contributed by atoms with Crippen molar-refractivity contribution in [2.45, 2.75) is 46.2 Å². The molecule has 0 bridgehead atoms. The number of amides is 3. The van der Waals surface area contributed by atoms with E-state index in [0.717, 1.165) is 0 Å². The lowest BCUT2D eigenvalue weighted by molar-refractivity contribution is -0.138. The summed E-state index contributed by atoms with van der Waals surface area (Å²) >= 11 is 0. The third kappa shape index (κ3) is 9.09. The van der Waals surface area contributed by atoms with Gasteiger partial charge in [0.25, 0.3) is 0 Å². The lowest BCUT2D eigenvalue weighted by Gasteiger charge is -2.20. The highest BCUT2D eigenvalue weighted by Gasteiger charge is 2.23. The van der Waals surface area contributed by atoms with Gasteiger partial charge < -0.3 is 26.8 Å². The maximum atomic E-state index is 12.0. The van der Waals surface area contributed by atoms with Gasteiger partial charge in [-0.2, -0.15) is 0 Å². The van der Waals surface area contributed by atoms with E-state index in [-0.39, 0.29) is 18.4 Å². The molecule has 0 saturated heterocycles. The topological polar surface area (TPSA) is 151 Å². The molecule has 6 N–H and O–H groups in total. The van der Waals surface area contributed by atoms with E-state index in [2.05, 4.69) is 16.0 Å². The van der Waals surface area contributed by atoms with Crippen molar-refractivity contribution in [2.75, 3.05) is 13.1 Å². The molecular formula is C15H28N4O5. The average Bonchev–Trinajstić information content (AvgIpc) is 2.48. The Morgan fingerprint density at radius 1 is 0.958 bits per heavy atom. The molecule has 2 atom stereocenters. The fourth-order valence-corrected chi connectivity index (χ4v) is 1.82. The minimum Gasteiger partial charge on any atom is -0.480 e. The van der Waals surface area contributed by atoms with Gasteiger partial charge >= 0.3 is 5.97 Å². The van der Waals surface area contributed by atoms with Crippen molar-refractivity contribution in [2.24, 2.45) is 17.6 Å². The zero-order valence-corrected chi connectivity index (χ0v) is 14.6. The molecule has 3 amide bonds. The maximum absolute atomic E-state index is 12.0. The highest BCUT2D eigenvalue weighted by atomic mass is 16.4. The third-order valence-corrected chi connectivity index (χ3v) is 3.22. The van der Waals surface area contributed by atoms with E-state index < -0.39 is 42.3 Å². The largest absolute Gasteiger partial charge is 0.480 e. The summed E-state index contributed by atoms with van der Waals surface area (Å²) in [6, 6.07) is -1.59. The predicted molar refractivity (Wildman–Crippen MR) is 87.9 cm³/mol. The number of carboxylic acid groups (broad SMARTS) is 1. The summed E-state index contributed by atoms with van der Waals surface area (Å²) in [5, 5.41) is 15.7. The minimum atomic E-state index is -1.17. The van der Waals surface area contributed by atoms with E-state index >= 15 is 0 Å². The maximum Gasteiger partial charge on any atom is 0.322 e. The lowest BCUT2D eigenvalue weighted by atomic mass is 10.0. The number of nitrogens with one attached hydrogen (secondary N) is 3. The number of carboxylic acids is 1. The van der Waals surface area contributed by atoms with Gasteiger partial charge in [0.2, 0.25) is 17.7 Å². The summed E-state index contributed by atoms with van der Waals surface area (Å²) in [6.07, 6.45) is 0.344. The molecule has 0 rings (SSSR count). The van der Waals surface area contributed by atoms with Gasteiger partial charge in [0.05, 0.1) is 12.6 Å². The van der Waals surface area contributed by atoms with Gasteiger partial charge in [0.1, 0.15) is 12.6 Å². The van der Waals surface area contributed by atoms with Gasteiger partial charge in [0.15, 0.2) is 0 Å². The molecule has 9 nitrogen and oxygen atoms in total. The number of rotatable bonds is 10. The van der Waals surface area contributed by atoms with Crippen LogP contribution in [0.4, 0.5) is 0 Å². The Hall–Kier alpha value is -2.16. The molecule has 0 aromatic rings. The Labute approximate surface area is 141 Å². The Balaban J connectivity index is 4.56. The standard InChI is InChI=1S/C15H28N4O5/c1-8(2)5-10(14(23)18-7-12(21)22)19-11(20)6-17-15(24)13(16)9(3)4/h8-10,13H,5-7,16H2,1-4H3,(H,17,24)(H,18,23)(H,19,20)(H,21,22). The van der Waals surface area contributed by atoms with Gasteiger partial charge in [-0.25, -0.2) is 0 Å². The minimum absolute atomic E-state index is 0.0662. The first-order valence-corrected chi connectivity index (χ1v) is 7.86. The van der Waals surface area contributed by atoms with Crippen LogP contribution in [0.5, 0.6) is 0 Å². The number of nitrogens with two attached hydrogens (primary N) is 1. The highest BCUT2D eigenvalue weighted by molar-refractivity contribution is 5.91. The van der Waals surface area contributed by atoms with E-state index in [1.165, 1.54) is 0 Å². The Kier molecular flexibility index (Phi) is 9.63. The van der Waals surface area contributed by atoms with E-state index in [9.17, 15) is 19.2 Å². The van der Waals surface area contributed by atoms with Crippen LogP contribution in [0.1, 0.15) is 34.1 Å². The van der Waals surface area contributed by atoms with E-state index in [0.29, 0.717) is 6.42 Å². The number of aliphatic carboxylic acids is 1. The van der Waals surface area contributed by atoms with E-state index in [4.69, 9.17) is 10.8 Å². The first-order chi connectivity index (χ1) is 11.0. The van der Waals surface area contributed by atoms with Crippen LogP contribution in [-0.2, 0) is 19.2 Å². The number of carbonyl (C=O) groups is 4. The van der Waals surface area contributed by atoms with Crippen molar-refractivity contribution in [1.82, 2.24) is 16.0 Å². The summed E-state index contributed by atoms with van der Waals surface area (Å²) in [6.45, 7) is 6.48.